The van der Waals surface area contributed by atoms with E-state index in [0.29, 0.717) is 42.6 Å². The van der Waals surface area contributed by atoms with E-state index in [4.69, 9.17) is 21.1 Å². The van der Waals surface area contributed by atoms with Crippen LogP contribution in [0, 0.1) is 5.92 Å². The number of carbonyl (C=O) groups excluding carboxylic acids is 1. The number of pyridine rings is 2. The van der Waals surface area contributed by atoms with Crippen molar-refractivity contribution < 1.29 is 14.3 Å². The highest BCUT2D eigenvalue weighted by Gasteiger charge is 2.32. The number of benzene rings is 1. The Morgan fingerprint density at radius 1 is 1.10 bits per heavy atom. The molecule has 0 saturated carbocycles. The van der Waals surface area contributed by atoms with E-state index in [1.807, 2.05) is 29.2 Å². The number of hydrogen-bond acceptors (Lipinski definition) is 6. The van der Waals surface area contributed by atoms with Crippen molar-refractivity contribution in [3.8, 4) is 11.5 Å². The molecule has 1 atom stereocenters. The Morgan fingerprint density at radius 3 is 2.71 bits per heavy atom. The number of morpholine rings is 1. The van der Waals surface area contributed by atoms with Crippen molar-refractivity contribution >= 4 is 34.1 Å². The van der Waals surface area contributed by atoms with Gasteiger partial charge in [-0.3, -0.25) is 14.8 Å². The molecule has 1 aromatic carbocycles. The van der Waals surface area contributed by atoms with Crippen molar-refractivity contribution in [3.05, 3.63) is 53.9 Å². The first-order valence-electron chi connectivity index (χ1n) is 10.5. The fourth-order valence-electron chi connectivity index (χ4n) is 4.19. The summed E-state index contributed by atoms with van der Waals surface area (Å²) in [7, 11) is 0. The molecular weight excluding hydrogens is 416 g/mol. The molecule has 0 unspecified atom stereocenters. The summed E-state index contributed by atoms with van der Waals surface area (Å²) < 4.78 is 11.4. The summed E-state index contributed by atoms with van der Waals surface area (Å²) in [5, 5.41) is 1.26. The standard InChI is InChI=1S/C23H23ClN4O3/c24-20-14-25-13-19-21(5-7-26-22(19)20)31-18-3-1-17(2-4-18)28-8-6-16(15-28)23(29)27-9-11-30-12-10-27/h1-5,7,13-14,16H,6,8-12,15H2/t16-/m0/s1. The number of anilines is 1. The maximum Gasteiger partial charge on any atom is 0.227 e. The highest BCUT2D eigenvalue weighted by atomic mass is 35.5. The van der Waals surface area contributed by atoms with E-state index in [9.17, 15) is 4.79 Å². The predicted molar refractivity (Wildman–Crippen MR) is 119 cm³/mol. The van der Waals surface area contributed by atoms with Crippen molar-refractivity contribution in [1.29, 1.82) is 0 Å². The normalized spacial score (nSPS) is 19.1. The summed E-state index contributed by atoms with van der Waals surface area (Å²) in [6, 6.07) is 9.75. The van der Waals surface area contributed by atoms with Crippen LogP contribution in [0.3, 0.4) is 0 Å². The third kappa shape index (κ3) is 4.16. The minimum Gasteiger partial charge on any atom is -0.457 e. The molecule has 0 spiro atoms. The summed E-state index contributed by atoms with van der Waals surface area (Å²) in [5.74, 6) is 1.68. The molecule has 1 amide bonds. The predicted octanol–water partition coefficient (Wildman–Crippen LogP) is 3.76. The van der Waals surface area contributed by atoms with Crippen LogP contribution in [0.2, 0.25) is 5.02 Å². The number of hydrogen-bond donors (Lipinski definition) is 0. The molecule has 7 nitrogen and oxygen atoms in total. The Balaban J connectivity index is 1.26. The van der Waals surface area contributed by atoms with E-state index in [1.54, 1.807) is 24.7 Å². The first-order valence-corrected chi connectivity index (χ1v) is 10.8. The van der Waals surface area contributed by atoms with Crippen molar-refractivity contribution in [1.82, 2.24) is 14.9 Å². The van der Waals surface area contributed by atoms with E-state index in [-0.39, 0.29) is 11.8 Å². The Bertz CT molecular complexity index is 1090. The van der Waals surface area contributed by atoms with Gasteiger partial charge < -0.3 is 19.3 Å². The lowest BCUT2D eigenvalue weighted by atomic mass is 10.1. The SMILES string of the molecule is O=C([C@H]1CCN(c2ccc(Oc3ccnc4c(Cl)cncc34)cc2)C1)N1CCOCC1. The second-order valence-corrected chi connectivity index (χ2v) is 8.20. The third-order valence-electron chi connectivity index (χ3n) is 5.86. The number of fused-ring (bicyclic) bond motifs is 1. The third-order valence-corrected chi connectivity index (χ3v) is 6.13. The number of ether oxygens (including phenoxy) is 2. The Hall–Kier alpha value is -2.90. The lowest BCUT2D eigenvalue weighted by molar-refractivity contribution is -0.138. The van der Waals surface area contributed by atoms with Gasteiger partial charge in [-0.2, -0.15) is 0 Å². The van der Waals surface area contributed by atoms with Gasteiger partial charge in [-0.1, -0.05) is 11.6 Å². The lowest BCUT2D eigenvalue weighted by Gasteiger charge is -2.29. The summed E-state index contributed by atoms with van der Waals surface area (Å²) >= 11 is 6.19. The molecule has 2 saturated heterocycles. The van der Waals surface area contributed by atoms with Crippen LogP contribution in [-0.4, -0.2) is 60.2 Å². The van der Waals surface area contributed by atoms with Crippen LogP contribution in [0.4, 0.5) is 5.69 Å². The fraction of sp³-hybridized carbons (Fsp3) is 0.348. The zero-order chi connectivity index (χ0) is 21.2. The topological polar surface area (TPSA) is 67.8 Å². The number of halogens is 1. The summed E-state index contributed by atoms with van der Waals surface area (Å²) in [6.07, 6.45) is 5.83. The first-order chi connectivity index (χ1) is 15.2. The van der Waals surface area contributed by atoms with Crippen LogP contribution in [0.1, 0.15) is 6.42 Å². The van der Waals surface area contributed by atoms with Crippen LogP contribution in [-0.2, 0) is 9.53 Å². The molecule has 2 fully saturated rings. The van der Waals surface area contributed by atoms with Crippen molar-refractivity contribution in [2.24, 2.45) is 5.92 Å². The molecule has 0 aliphatic carbocycles. The zero-order valence-electron chi connectivity index (χ0n) is 17.0. The van der Waals surface area contributed by atoms with Gasteiger partial charge in [0.1, 0.15) is 11.5 Å². The van der Waals surface area contributed by atoms with Gasteiger partial charge in [0.2, 0.25) is 5.91 Å². The molecule has 31 heavy (non-hydrogen) atoms. The molecule has 0 bridgehead atoms. The fourth-order valence-corrected chi connectivity index (χ4v) is 4.40. The number of carbonyl (C=O) groups is 1. The van der Waals surface area contributed by atoms with E-state index < -0.39 is 0 Å². The van der Waals surface area contributed by atoms with E-state index in [0.717, 1.165) is 36.3 Å². The minimum absolute atomic E-state index is 0.0504. The van der Waals surface area contributed by atoms with Crippen molar-refractivity contribution in [2.45, 2.75) is 6.42 Å². The first kappa shape index (κ1) is 20.0. The van der Waals surface area contributed by atoms with Crippen molar-refractivity contribution in [2.75, 3.05) is 44.3 Å². The molecular formula is C23H23ClN4O3. The second-order valence-electron chi connectivity index (χ2n) is 7.79. The lowest BCUT2D eigenvalue weighted by Crippen LogP contribution is -2.44. The van der Waals surface area contributed by atoms with Gasteiger partial charge in [0.05, 0.1) is 35.1 Å². The number of rotatable bonds is 4. The van der Waals surface area contributed by atoms with E-state index in [2.05, 4.69) is 14.9 Å². The Labute approximate surface area is 185 Å². The van der Waals surface area contributed by atoms with E-state index >= 15 is 0 Å². The maximum absolute atomic E-state index is 12.8. The molecule has 3 aromatic rings. The second kappa shape index (κ2) is 8.69. The molecule has 2 aliphatic heterocycles. The quantitative estimate of drug-likeness (QED) is 0.617. The van der Waals surface area contributed by atoms with Crippen molar-refractivity contribution in [3.63, 3.8) is 0 Å². The number of amides is 1. The molecule has 5 rings (SSSR count). The van der Waals surface area contributed by atoms with Crippen LogP contribution < -0.4 is 9.64 Å². The Kier molecular flexibility index (Phi) is 5.61. The summed E-state index contributed by atoms with van der Waals surface area (Å²) in [5.41, 5.74) is 1.76. The van der Waals surface area contributed by atoms with Gasteiger partial charge in [0.15, 0.2) is 0 Å². The Morgan fingerprint density at radius 2 is 1.90 bits per heavy atom. The van der Waals surface area contributed by atoms with Gasteiger partial charge in [0.25, 0.3) is 0 Å². The van der Waals surface area contributed by atoms with Crippen LogP contribution in [0.15, 0.2) is 48.9 Å². The average Bonchev–Trinajstić information content (AvgIpc) is 3.31. The highest BCUT2D eigenvalue weighted by molar-refractivity contribution is 6.35. The van der Waals surface area contributed by atoms with Gasteiger partial charge in [-0.05, 0) is 36.8 Å². The molecule has 0 radical (unpaired) electrons. The molecule has 4 heterocycles. The van der Waals surface area contributed by atoms with Gasteiger partial charge in [0, 0.05) is 50.5 Å². The largest absolute Gasteiger partial charge is 0.457 e. The van der Waals surface area contributed by atoms with Gasteiger partial charge >= 0.3 is 0 Å². The molecule has 2 aromatic heterocycles. The summed E-state index contributed by atoms with van der Waals surface area (Å²) in [6.45, 7) is 4.30. The van der Waals surface area contributed by atoms with Gasteiger partial charge in [-0.15, -0.1) is 0 Å². The van der Waals surface area contributed by atoms with E-state index in [1.165, 1.54) is 0 Å². The molecule has 2 aliphatic rings. The molecule has 0 N–H and O–H groups in total. The average molecular weight is 439 g/mol. The number of aromatic nitrogens is 2. The smallest absolute Gasteiger partial charge is 0.227 e. The maximum atomic E-state index is 12.8. The van der Waals surface area contributed by atoms with Gasteiger partial charge in [-0.25, -0.2) is 0 Å². The summed E-state index contributed by atoms with van der Waals surface area (Å²) in [4.78, 5) is 25.4. The minimum atomic E-state index is 0.0504. The monoisotopic (exact) mass is 438 g/mol. The van der Waals surface area contributed by atoms with Crippen LogP contribution >= 0.6 is 11.6 Å². The van der Waals surface area contributed by atoms with Crippen LogP contribution in [0.25, 0.3) is 10.9 Å². The molecule has 8 heteroatoms. The number of nitrogens with zero attached hydrogens (tertiary/aromatic N) is 4. The van der Waals surface area contributed by atoms with Crippen LogP contribution in [0.5, 0.6) is 11.5 Å². The molecule has 160 valence electrons. The highest BCUT2D eigenvalue weighted by Crippen LogP contribution is 2.33. The zero-order valence-corrected chi connectivity index (χ0v) is 17.8.